The molecule has 5 aromatic rings. The van der Waals surface area contributed by atoms with E-state index in [1.54, 1.807) is 0 Å². The van der Waals surface area contributed by atoms with Gasteiger partial charge in [-0.3, -0.25) is 0 Å². The van der Waals surface area contributed by atoms with Gasteiger partial charge in [0.15, 0.2) is 0 Å². The Bertz CT molecular complexity index is 1900. The van der Waals surface area contributed by atoms with Crippen molar-refractivity contribution in [1.29, 1.82) is 0 Å². The molecule has 1 aliphatic carbocycles. The second kappa shape index (κ2) is 10.9. The third-order valence-corrected chi connectivity index (χ3v) is 10.4. The average molecular weight is 750 g/mol. The summed E-state index contributed by atoms with van der Waals surface area (Å²) in [5.74, 6) is 3.60. The van der Waals surface area contributed by atoms with Gasteiger partial charge >= 0.3 is 223 Å². The molecule has 5 nitrogen and oxygen atoms in total. The van der Waals surface area contributed by atoms with Crippen LogP contribution in [0.1, 0.15) is 69.1 Å². The van der Waals surface area contributed by atoms with E-state index in [1.807, 2.05) is 6.20 Å². The molecule has 3 heterocycles. The van der Waals surface area contributed by atoms with Gasteiger partial charge in [-0.25, -0.2) is 0 Å². The number of para-hydroxylation sites is 2. The number of pyridine rings is 1. The van der Waals surface area contributed by atoms with Gasteiger partial charge in [-0.2, -0.15) is 0 Å². The molecule has 0 amide bonds. The molecular weight excluding hydrogens is 712 g/mol. The van der Waals surface area contributed by atoms with E-state index in [2.05, 4.69) is 141 Å². The molecule has 7 rings (SSSR count). The fraction of sp³-hybridized carbons (Fsp3) is 0.351. The Labute approximate surface area is 265 Å². The Morgan fingerprint density at radius 3 is 2.51 bits per heavy atom. The van der Waals surface area contributed by atoms with Gasteiger partial charge in [0, 0.05) is 6.20 Å². The van der Waals surface area contributed by atoms with Crippen molar-refractivity contribution in [3.63, 3.8) is 0 Å². The first kappa shape index (κ1) is 28.3. The standard InChI is InChI=1S/C37H38N4O.Pt/c1-25-16-17-38-36(18-25)40-23-26-10-6-7-11-31(26)32-15-14-29(22-35(32)40)42-30-20-27(37(2,3)4)19-28(21-30)41-24-39(5)33-12-8-9-13-34(33)41;/h8-9,12-20,26,31H,6-7,10-11,23H2,1-5H3;/q-2;. The van der Waals surface area contributed by atoms with E-state index in [1.165, 1.54) is 47.9 Å². The van der Waals surface area contributed by atoms with Crippen molar-refractivity contribution in [1.82, 2.24) is 14.1 Å². The summed E-state index contributed by atoms with van der Waals surface area (Å²) in [6, 6.07) is 28.8. The van der Waals surface area contributed by atoms with Gasteiger partial charge in [0.1, 0.15) is 0 Å². The quantitative estimate of drug-likeness (QED) is 0.172. The normalized spacial score (nSPS) is 18.4. The number of rotatable bonds is 4. The van der Waals surface area contributed by atoms with Crippen LogP contribution in [0.25, 0.3) is 16.7 Å². The maximum absolute atomic E-state index is 6.66. The molecule has 2 aliphatic rings. The maximum atomic E-state index is 6.66. The summed E-state index contributed by atoms with van der Waals surface area (Å²) in [6.07, 6.45) is 7.04. The molecule has 6 heteroatoms. The summed E-state index contributed by atoms with van der Waals surface area (Å²) in [5.41, 5.74) is 8.11. The number of imidazole rings is 1. The van der Waals surface area contributed by atoms with E-state index >= 15 is 0 Å². The Hall–Kier alpha value is -3.43. The van der Waals surface area contributed by atoms with E-state index in [9.17, 15) is 0 Å². The van der Waals surface area contributed by atoms with Crippen molar-refractivity contribution in [3.8, 4) is 17.2 Å². The molecule has 0 N–H and O–H groups in total. The first-order valence-corrected chi connectivity index (χ1v) is 16.5. The fourth-order valence-electron chi connectivity index (χ4n) is 6.84. The van der Waals surface area contributed by atoms with Crippen LogP contribution in [-0.4, -0.2) is 20.7 Å². The molecule has 0 saturated heterocycles. The van der Waals surface area contributed by atoms with Gasteiger partial charge < -0.3 is 0 Å². The molecule has 2 aromatic heterocycles. The number of ether oxygens (including phenoxy) is 1. The van der Waals surface area contributed by atoms with Gasteiger partial charge in [0.05, 0.1) is 0 Å². The van der Waals surface area contributed by atoms with Crippen molar-refractivity contribution < 1.29 is 24.1 Å². The number of benzene rings is 3. The Kier molecular flexibility index (Phi) is 7.21. The molecule has 1 aliphatic heterocycles. The second-order valence-electron chi connectivity index (χ2n) is 13.2. The van der Waals surface area contributed by atoms with Crippen LogP contribution in [0.5, 0.6) is 11.5 Å². The Morgan fingerprint density at radius 1 is 0.930 bits per heavy atom. The number of aromatic nitrogens is 3. The van der Waals surface area contributed by atoms with Gasteiger partial charge in [-0.15, -0.1) is 0 Å². The molecule has 2 unspecified atom stereocenters. The van der Waals surface area contributed by atoms with Crippen molar-refractivity contribution in [3.05, 3.63) is 99.5 Å². The van der Waals surface area contributed by atoms with Crippen molar-refractivity contribution in [2.75, 3.05) is 11.4 Å². The van der Waals surface area contributed by atoms with E-state index in [-0.39, 0.29) is 5.41 Å². The van der Waals surface area contributed by atoms with Crippen LogP contribution < -0.4 is 9.64 Å². The molecule has 1 fully saturated rings. The minimum atomic E-state index is -0.0675. The van der Waals surface area contributed by atoms with Gasteiger partial charge in [-0.05, 0) is 25.0 Å². The molecular formula is C37H38N4OPt-2. The molecule has 224 valence electrons. The van der Waals surface area contributed by atoms with Crippen LogP contribution in [0.15, 0.2) is 66.9 Å². The zero-order chi connectivity index (χ0) is 29.9. The topological polar surface area (TPSA) is 35.2 Å². The summed E-state index contributed by atoms with van der Waals surface area (Å²) in [6.45, 7) is 9.83. The number of hydrogen-bond acceptors (Lipinski definition) is 3. The number of nitrogens with zero attached hydrogens (tertiary/aromatic N) is 4. The van der Waals surface area contributed by atoms with E-state index in [0.717, 1.165) is 33.1 Å². The van der Waals surface area contributed by atoms with E-state index in [4.69, 9.17) is 9.72 Å². The minimum absolute atomic E-state index is 0.0675. The molecule has 1 saturated carbocycles. The third kappa shape index (κ3) is 5.20. The molecule has 3 aromatic carbocycles. The summed E-state index contributed by atoms with van der Waals surface area (Å²) in [5, 5.41) is 0. The van der Waals surface area contributed by atoms with Gasteiger partial charge in [-0.1, -0.05) is 12.8 Å². The monoisotopic (exact) mass is 749 g/mol. The molecule has 0 spiro atoms. The van der Waals surface area contributed by atoms with Gasteiger partial charge in [0.25, 0.3) is 0 Å². The van der Waals surface area contributed by atoms with Crippen LogP contribution in [0.2, 0.25) is 0 Å². The number of fused-ring (bicyclic) bond motifs is 4. The fourth-order valence-corrected chi connectivity index (χ4v) is 7.66. The summed E-state index contributed by atoms with van der Waals surface area (Å²) in [7, 11) is 2.11. The molecule has 0 bridgehead atoms. The Balaban J connectivity index is 1.33. The first-order chi connectivity index (χ1) is 20.7. The van der Waals surface area contributed by atoms with Crippen molar-refractivity contribution in [2.24, 2.45) is 13.0 Å². The van der Waals surface area contributed by atoms with Crippen molar-refractivity contribution in [2.45, 2.75) is 64.7 Å². The summed E-state index contributed by atoms with van der Waals surface area (Å²) < 4.78 is 12.3. The van der Waals surface area contributed by atoms with E-state index in [0.29, 0.717) is 23.3 Å². The summed E-state index contributed by atoms with van der Waals surface area (Å²) in [4.78, 5) is 7.16. The van der Waals surface area contributed by atoms with Crippen molar-refractivity contribution >= 4 is 22.5 Å². The average Bonchev–Trinajstić information content (AvgIpc) is 3.25. The van der Waals surface area contributed by atoms with Gasteiger partial charge in [0.2, 0.25) is 0 Å². The van der Waals surface area contributed by atoms with E-state index < -0.39 is 0 Å². The first-order valence-electron chi connectivity index (χ1n) is 15.3. The molecule has 0 radical (unpaired) electrons. The van der Waals surface area contributed by atoms with Crippen LogP contribution in [0.3, 0.4) is 0 Å². The van der Waals surface area contributed by atoms with Crippen LogP contribution in [0.4, 0.5) is 11.5 Å². The predicted molar refractivity (Wildman–Crippen MR) is 169 cm³/mol. The molecule has 43 heavy (non-hydrogen) atoms. The van der Waals surface area contributed by atoms with Crippen LogP contribution in [0, 0.1) is 28.8 Å². The summed E-state index contributed by atoms with van der Waals surface area (Å²) >= 11 is 2.41. The Morgan fingerprint density at radius 2 is 1.72 bits per heavy atom. The zero-order valence-corrected chi connectivity index (χ0v) is 27.8. The van der Waals surface area contributed by atoms with Crippen LogP contribution >= 0.6 is 0 Å². The number of aryl methyl sites for hydroxylation is 2. The van der Waals surface area contributed by atoms with Crippen LogP contribution in [-0.2, 0) is 31.8 Å². The predicted octanol–water partition coefficient (Wildman–Crippen LogP) is 8.87. The number of hydrogen-bond donors (Lipinski definition) is 0. The zero-order valence-electron chi connectivity index (χ0n) is 25.6. The SMILES string of the molecule is Cc1ccnc(N2CC3CCCCC3c3ccc(Oc4[c-]c(-n5[c](=[Pt])n(C)c6ccccc65)cc(C(C)(C)C)c4)[c-]c32)c1. The third-order valence-electron chi connectivity index (χ3n) is 9.17. The second-order valence-corrected chi connectivity index (χ2v) is 14.2. The molecule has 2 atom stereocenters. The number of anilines is 2.